The van der Waals surface area contributed by atoms with Crippen LogP contribution < -0.4 is 4.74 Å². The summed E-state index contributed by atoms with van der Waals surface area (Å²) >= 11 is 0. The van der Waals surface area contributed by atoms with Gasteiger partial charge in [-0.25, -0.2) is 0 Å². The van der Waals surface area contributed by atoms with Crippen LogP contribution in [0.5, 0.6) is 5.75 Å². The Hall–Kier alpha value is -3.64. The van der Waals surface area contributed by atoms with E-state index in [1.54, 1.807) is 7.11 Å². The monoisotopic (exact) mass is 539 g/mol. The van der Waals surface area contributed by atoms with Gasteiger partial charge < -0.3 is 14.2 Å². The fourth-order valence-electron chi connectivity index (χ4n) is 6.27. The van der Waals surface area contributed by atoms with Crippen molar-refractivity contribution in [3.05, 3.63) is 112 Å². The third kappa shape index (κ3) is 6.56. The van der Waals surface area contributed by atoms with Crippen molar-refractivity contribution in [1.29, 1.82) is 0 Å². The molecule has 208 valence electrons. The van der Waals surface area contributed by atoms with Crippen molar-refractivity contribution in [1.82, 2.24) is 0 Å². The molecule has 1 spiro atoms. The first-order valence-electron chi connectivity index (χ1n) is 14.1. The summed E-state index contributed by atoms with van der Waals surface area (Å²) < 4.78 is 18.6. The highest BCUT2D eigenvalue weighted by Crippen LogP contribution is 2.53. The van der Waals surface area contributed by atoms with Gasteiger partial charge in [-0.3, -0.25) is 4.79 Å². The Kier molecular flexibility index (Phi) is 9.17. The maximum absolute atomic E-state index is 12.9. The summed E-state index contributed by atoms with van der Waals surface area (Å²) in [6, 6.07) is 27.5. The number of benzene rings is 3. The lowest BCUT2D eigenvalue weighted by Gasteiger charge is -2.51. The lowest BCUT2D eigenvalue weighted by atomic mass is 9.55. The number of hydrogen-bond acceptors (Lipinski definition) is 5. The van der Waals surface area contributed by atoms with Gasteiger partial charge in [0, 0.05) is 22.7 Å². The van der Waals surface area contributed by atoms with Gasteiger partial charge in [0.05, 0.1) is 38.6 Å². The first-order chi connectivity index (χ1) is 19.6. The minimum atomic E-state index is -0.472. The third-order valence-electron chi connectivity index (χ3n) is 8.63. The molecular weight excluding hydrogens is 502 g/mol. The predicted molar refractivity (Wildman–Crippen MR) is 154 cm³/mol. The second kappa shape index (κ2) is 13.1. The molecule has 0 amide bonds. The summed E-state index contributed by atoms with van der Waals surface area (Å²) in [5.74, 6) is 1.02. The van der Waals surface area contributed by atoms with Crippen LogP contribution in [0.3, 0.4) is 0 Å². The summed E-state index contributed by atoms with van der Waals surface area (Å²) in [5.41, 5.74) is 12.5. The second-order valence-corrected chi connectivity index (χ2v) is 11.0. The fraction of sp³-hybridized carbons (Fsp3) is 0.424. The lowest BCUT2D eigenvalue weighted by Crippen LogP contribution is -2.53. The van der Waals surface area contributed by atoms with Crippen LogP contribution in [-0.4, -0.2) is 31.1 Å². The molecule has 0 heterocycles. The van der Waals surface area contributed by atoms with E-state index in [9.17, 15) is 10.3 Å². The van der Waals surface area contributed by atoms with Crippen molar-refractivity contribution in [3.8, 4) is 5.75 Å². The normalized spacial score (nSPS) is 23.6. The van der Waals surface area contributed by atoms with Crippen LogP contribution in [0, 0.1) is 11.3 Å². The molecule has 2 aliphatic rings. The maximum Gasteiger partial charge on any atom is 0.139 e. The Bertz CT molecular complexity index is 1290. The van der Waals surface area contributed by atoms with E-state index >= 15 is 0 Å². The van der Waals surface area contributed by atoms with Crippen molar-refractivity contribution in [2.24, 2.45) is 16.4 Å². The van der Waals surface area contributed by atoms with Crippen molar-refractivity contribution < 1.29 is 19.0 Å². The third-order valence-corrected chi connectivity index (χ3v) is 8.63. The summed E-state index contributed by atoms with van der Waals surface area (Å²) in [6.45, 7) is 0.868. The van der Waals surface area contributed by atoms with Crippen molar-refractivity contribution >= 4 is 5.78 Å². The molecular formula is C33H37N3O4. The summed E-state index contributed by atoms with van der Waals surface area (Å²) in [5, 5.41) is 4.30. The topological polar surface area (TPSA) is 93.5 Å². The number of rotatable bonds is 12. The van der Waals surface area contributed by atoms with E-state index in [1.807, 2.05) is 72.8 Å². The number of carbonyl (C=O) groups excluding carboxylic acids is 1. The molecule has 2 aliphatic carbocycles. The molecule has 2 fully saturated rings. The van der Waals surface area contributed by atoms with Crippen LogP contribution in [0.4, 0.5) is 0 Å². The van der Waals surface area contributed by atoms with Crippen LogP contribution >= 0.6 is 0 Å². The number of hydrogen-bond donors (Lipinski definition) is 0. The Balaban J connectivity index is 1.45. The number of methoxy groups -OCH3 is 1. The molecule has 0 aliphatic heterocycles. The standard InChI is InChI=1S/C33H37N3O4/c1-38-27-14-12-24(13-15-27)20-29(35-36-34)32(40-23-26-10-6-3-7-11-26)28-21-33(19-17-31(33)37)18-16-30(28)39-22-25-8-4-2-5-9-25/h2-15,28-30,32H,16-23H2,1H3/t28-,29-,30-,32-,33-/m0/s1. The SMILES string of the molecule is COc1ccc(C[C@H](N=[N+]=[N-])[C@@H](OCc2ccccc2)[C@H]2C[C@@]3(CCC3=O)CC[C@@H]2OCc2ccccc2)cc1. The molecule has 0 N–H and O–H groups in total. The highest BCUT2D eigenvalue weighted by atomic mass is 16.5. The Morgan fingerprint density at radius 3 is 2.17 bits per heavy atom. The Morgan fingerprint density at radius 1 is 0.925 bits per heavy atom. The summed E-state index contributed by atoms with van der Waals surface area (Å²) in [4.78, 5) is 16.2. The van der Waals surface area contributed by atoms with Gasteiger partial charge in [-0.2, -0.15) is 0 Å². The molecule has 0 saturated heterocycles. The molecule has 7 heteroatoms. The van der Waals surface area contributed by atoms with E-state index in [2.05, 4.69) is 22.2 Å². The Morgan fingerprint density at radius 2 is 1.60 bits per heavy atom. The van der Waals surface area contributed by atoms with E-state index in [0.29, 0.717) is 38.3 Å². The number of azide groups is 1. The quantitative estimate of drug-likeness (QED) is 0.138. The summed E-state index contributed by atoms with van der Waals surface area (Å²) in [6.07, 6.45) is 3.81. The van der Waals surface area contributed by atoms with Crippen LogP contribution in [0.1, 0.15) is 48.8 Å². The number of nitrogens with zero attached hydrogens (tertiary/aromatic N) is 3. The largest absolute Gasteiger partial charge is 0.497 e. The molecule has 3 aromatic rings. The highest BCUT2D eigenvalue weighted by molar-refractivity contribution is 5.90. The van der Waals surface area contributed by atoms with Crippen LogP contribution in [0.15, 0.2) is 90.0 Å². The van der Waals surface area contributed by atoms with Crippen molar-refractivity contribution in [3.63, 3.8) is 0 Å². The first kappa shape index (κ1) is 27.9. The average molecular weight is 540 g/mol. The van der Waals surface area contributed by atoms with Gasteiger partial charge in [-0.15, -0.1) is 0 Å². The average Bonchev–Trinajstić information content (AvgIpc) is 3.01. The summed E-state index contributed by atoms with van der Waals surface area (Å²) in [7, 11) is 1.64. The predicted octanol–water partition coefficient (Wildman–Crippen LogP) is 7.24. The van der Waals surface area contributed by atoms with E-state index < -0.39 is 12.1 Å². The van der Waals surface area contributed by atoms with Gasteiger partial charge in [0.1, 0.15) is 11.5 Å². The van der Waals surface area contributed by atoms with Crippen LogP contribution in [-0.2, 0) is 33.9 Å². The number of ketones is 1. The van der Waals surface area contributed by atoms with E-state index in [1.165, 1.54) is 0 Å². The first-order valence-corrected chi connectivity index (χ1v) is 14.1. The highest BCUT2D eigenvalue weighted by Gasteiger charge is 2.53. The molecule has 3 aromatic carbocycles. The molecule has 0 unspecified atom stereocenters. The Labute approximate surface area is 236 Å². The zero-order valence-corrected chi connectivity index (χ0v) is 23.0. The van der Waals surface area contributed by atoms with Crippen LogP contribution in [0.25, 0.3) is 10.4 Å². The second-order valence-electron chi connectivity index (χ2n) is 11.0. The van der Waals surface area contributed by atoms with Gasteiger partial charge in [-0.1, -0.05) is 77.9 Å². The van der Waals surface area contributed by atoms with E-state index in [4.69, 9.17) is 14.2 Å². The molecule has 0 bridgehead atoms. The molecule has 5 rings (SSSR count). The van der Waals surface area contributed by atoms with Crippen LogP contribution in [0.2, 0.25) is 0 Å². The zero-order valence-electron chi connectivity index (χ0n) is 23.0. The lowest BCUT2D eigenvalue weighted by molar-refractivity contribution is -0.158. The number of carbonyl (C=O) groups is 1. The molecule has 2 saturated carbocycles. The molecule has 7 nitrogen and oxygen atoms in total. The zero-order chi connectivity index (χ0) is 27.8. The van der Waals surface area contributed by atoms with Gasteiger partial charge in [0.15, 0.2) is 0 Å². The van der Waals surface area contributed by atoms with Gasteiger partial charge >= 0.3 is 0 Å². The van der Waals surface area contributed by atoms with E-state index in [-0.39, 0.29) is 17.4 Å². The fourth-order valence-corrected chi connectivity index (χ4v) is 6.27. The maximum atomic E-state index is 12.9. The minimum Gasteiger partial charge on any atom is -0.497 e. The smallest absolute Gasteiger partial charge is 0.139 e. The molecule has 0 radical (unpaired) electrons. The van der Waals surface area contributed by atoms with Crippen molar-refractivity contribution in [2.75, 3.05) is 7.11 Å². The van der Waals surface area contributed by atoms with Gasteiger partial charge in [0.25, 0.3) is 0 Å². The minimum absolute atomic E-state index is 0.0980. The van der Waals surface area contributed by atoms with E-state index in [0.717, 1.165) is 41.7 Å². The van der Waals surface area contributed by atoms with Crippen molar-refractivity contribution in [2.45, 2.75) is 70.0 Å². The van der Waals surface area contributed by atoms with Gasteiger partial charge in [-0.05, 0) is 66.5 Å². The number of Topliss-reactive ketones (excluding diaryl/α,β-unsaturated/α-hetero) is 1. The van der Waals surface area contributed by atoms with Gasteiger partial charge in [0.2, 0.25) is 0 Å². The number of ether oxygens (including phenoxy) is 3. The molecule has 0 aromatic heterocycles. The molecule has 5 atom stereocenters. The molecule has 40 heavy (non-hydrogen) atoms.